The van der Waals surface area contributed by atoms with Crippen LogP contribution in [0.1, 0.15) is 35.9 Å². The molecule has 23 heavy (non-hydrogen) atoms. The molecule has 2 aromatic rings. The summed E-state index contributed by atoms with van der Waals surface area (Å²) in [7, 11) is 0. The van der Waals surface area contributed by atoms with Crippen LogP contribution in [0.25, 0.3) is 5.69 Å². The third-order valence-corrected chi connectivity index (χ3v) is 5.15. The van der Waals surface area contributed by atoms with Crippen LogP contribution < -0.4 is 5.32 Å². The number of rotatable bonds is 6. The Bertz CT molecular complexity index is 618. The molecule has 7 nitrogen and oxygen atoms in total. The van der Waals surface area contributed by atoms with Crippen molar-refractivity contribution in [2.24, 2.45) is 5.92 Å². The molecule has 0 atom stereocenters. The fraction of sp³-hybridized carbons (Fsp3) is 0.600. The molecule has 0 saturated carbocycles. The quantitative estimate of drug-likeness (QED) is 0.868. The van der Waals surface area contributed by atoms with E-state index in [1.54, 1.807) is 0 Å². The molecule has 0 spiro atoms. The number of tetrazole rings is 1. The third-order valence-electron chi connectivity index (χ3n) is 4.24. The van der Waals surface area contributed by atoms with Crippen molar-refractivity contribution in [3.05, 3.63) is 22.7 Å². The van der Waals surface area contributed by atoms with Gasteiger partial charge in [-0.2, -0.15) is 4.68 Å². The molecular formula is C15H22N6OS. The number of nitrogens with one attached hydrogen (secondary N) is 1. The molecule has 3 heterocycles. The molecular weight excluding hydrogens is 312 g/mol. The van der Waals surface area contributed by atoms with Crippen molar-refractivity contribution >= 4 is 17.2 Å². The highest BCUT2D eigenvalue weighted by molar-refractivity contribution is 7.12. The standard InChI is InChI=1S/C15H22N6OS/c1-2-6-20-7-3-12(4-8-20)10-16-15(22)14-13(5-9-23-14)21-11-17-18-19-21/h5,9,11-12H,2-4,6-8,10H2,1H3,(H,16,22). The second-order valence-corrected chi connectivity index (χ2v) is 6.80. The normalized spacial score (nSPS) is 16.6. The lowest BCUT2D eigenvalue weighted by molar-refractivity contribution is 0.0940. The number of carbonyl (C=O) groups is 1. The second-order valence-electron chi connectivity index (χ2n) is 5.88. The number of aromatic nitrogens is 4. The molecule has 0 radical (unpaired) electrons. The van der Waals surface area contributed by atoms with Crippen molar-refractivity contribution < 1.29 is 4.79 Å². The largest absolute Gasteiger partial charge is 0.351 e. The van der Waals surface area contributed by atoms with E-state index >= 15 is 0 Å². The topological polar surface area (TPSA) is 75.9 Å². The Balaban J connectivity index is 1.52. The minimum absolute atomic E-state index is 0.0403. The minimum atomic E-state index is -0.0403. The van der Waals surface area contributed by atoms with Gasteiger partial charge in [0, 0.05) is 6.54 Å². The van der Waals surface area contributed by atoms with Crippen LogP contribution in [0, 0.1) is 5.92 Å². The van der Waals surface area contributed by atoms with Gasteiger partial charge in [0.15, 0.2) is 0 Å². The van der Waals surface area contributed by atoms with Crippen molar-refractivity contribution in [2.75, 3.05) is 26.2 Å². The molecule has 1 aliphatic rings. The number of hydrogen-bond donors (Lipinski definition) is 1. The number of amides is 1. The lowest BCUT2D eigenvalue weighted by Gasteiger charge is -2.31. The highest BCUT2D eigenvalue weighted by atomic mass is 32.1. The molecule has 3 rings (SSSR count). The molecule has 0 bridgehead atoms. The lowest BCUT2D eigenvalue weighted by Crippen LogP contribution is -2.38. The van der Waals surface area contributed by atoms with Gasteiger partial charge in [0.05, 0.1) is 5.69 Å². The molecule has 1 aliphatic heterocycles. The van der Waals surface area contributed by atoms with E-state index in [9.17, 15) is 4.79 Å². The van der Waals surface area contributed by atoms with Crippen LogP contribution in [-0.2, 0) is 0 Å². The maximum atomic E-state index is 12.4. The molecule has 1 amide bonds. The first-order chi connectivity index (χ1) is 11.3. The summed E-state index contributed by atoms with van der Waals surface area (Å²) in [5.74, 6) is 0.532. The summed E-state index contributed by atoms with van der Waals surface area (Å²) in [6.07, 6.45) is 5.02. The predicted octanol–water partition coefficient (Wildman–Crippen LogP) is 1.58. The first-order valence-electron chi connectivity index (χ1n) is 8.09. The van der Waals surface area contributed by atoms with E-state index in [4.69, 9.17) is 0 Å². The number of likely N-dealkylation sites (tertiary alicyclic amines) is 1. The van der Waals surface area contributed by atoms with Crippen LogP contribution in [-0.4, -0.2) is 57.2 Å². The summed E-state index contributed by atoms with van der Waals surface area (Å²) in [6.45, 7) is 6.43. The zero-order valence-corrected chi connectivity index (χ0v) is 14.1. The van der Waals surface area contributed by atoms with Gasteiger partial charge in [0.25, 0.3) is 5.91 Å². The maximum absolute atomic E-state index is 12.4. The predicted molar refractivity (Wildman–Crippen MR) is 88.8 cm³/mol. The van der Waals surface area contributed by atoms with Crippen LogP contribution in [0.5, 0.6) is 0 Å². The molecule has 0 aromatic carbocycles. The number of thiophene rings is 1. The molecule has 1 saturated heterocycles. The summed E-state index contributed by atoms with van der Waals surface area (Å²) >= 11 is 1.41. The van der Waals surface area contributed by atoms with E-state index in [0.29, 0.717) is 10.8 Å². The highest BCUT2D eigenvalue weighted by Crippen LogP contribution is 2.21. The van der Waals surface area contributed by atoms with Crippen molar-refractivity contribution in [1.29, 1.82) is 0 Å². The van der Waals surface area contributed by atoms with Crippen molar-refractivity contribution in [3.8, 4) is 5.69 Å². The van der Waals surface area contributed by atoms with Crippen molar-refractivity contribution in [3.63, 3.8) is 0 Å². The van der Waals surface area contributed by atoms with Gasteiger partial charge in [-0.05, 0) is 66.7 Å². The van der Waals surface area contributed by atoms with Crippen molar-refractivity contribution in [1.82, 2.24) is 30.4 Å². The van der Waals surface area contributed by atoms with E-state index in [-0.39, 0.29) is 5.91 Å². The van der Waals surface area contributed by atoms with Gasteiger partial charge in [-0.1, -0.05) is 6.92 Å². The van der Waals surface area contributed by atoms with E-state index in [1.807, 2.05) is 11.4 Å². The van der Waals surface area contributed by atoms with Gasteiger partial charge >= 0.3 is 0 Å². The summed E-state index contributed by atoms with van der Waals surface area (Å²) in [5, 5.41) is 16.1. The third kappa shape index (κ3) is 3.94. The average molecular weight is 334 g/mol. The van der Waals surface area contributed by atoms with Gasteiger partial charge in [0.1, 0.15) is 11.2 Å². The van der Waals surface area contributed by atoms with Gasteiger partial charge in [-0.15, -0.1) is 16.4 Å². The number of carbonyl (C=O) groups excluding carboxylic acids is 1. The molecule has 1 fully saturated rings. The van der Waals surface area contributed by atoms with Gasteiger partial charge in [-0.3, -0.25) is 4.79 Å². The Hall–Kier alpha value is -1.80. The van der Waals surface area contributed by atoms with E-state index < -0.39 is 0 Å². The van der Waals surface area contributed by atoms with Crippen LogP contribution in [0.15, 0.2) is 17.8 Å². The van der Waals surface area contributed by atoms with E-state index in [2.05, 4.69) is 32.7 Å². The van der Waals surface area contributed by atoms with Crippen molar-refractivity contribution in [2.45, 2.75) is 26.2 Å². The Morgan fingerprint density at radius 3 is 2.96 bits per heavy atom. The summed E-state index contributed by atoms with van der Waals surface area (Å²) in [5.41, 5.74) is 0.732. The Kier molecular flexibility index (Phi) is 5.35. The molecule has 8 heteroatoms. The molecule has 124 valence electrons. The summed E-state index contributed by atoms with van der Waals surface area (Å²) in [4.78, 5) is 15.6. The monoisotopic (exact) mass is 334 g/mol. The second kappa shape index (κ2) is 7.65. The maximum Gasteiger partial charge on any atom is 0.263 e. The van der Waals surface area contributed by atoms with Gasteiger partial charge in [-0.25, -0.2) is 0 Å². The highest BCUT2D eigenvalue weighted by Gasteiger charge is 2.21. The summed E-state index contributed by atoms with van der Waals surface area (Å²) in [6, 6.07) is 1.86. The number of nitrogens with zero attached hydrogens (tertiary/aromatic N) is 5. The fourth-order valence-corrected chi connectivity index (χ4v) is 3.77. The minimum Gasteiger partial charge on any atom is -0.351 e. The zero-order chi connectivity index (χ0) is 16.1. The van der Waals surface area contributed by atoms with Gasteiger partial charge in [0.2, 0.25) is 0 Å². The van der Waals surface area contributed by atoms with E-state index in [0.717, 1.165) is 38.2 Å². The number of piperidine rings is 1. The molecule has 0 aliphatic carbocycles. The molecule has 1 N–H and O–H groups in total. The SMILES string of the molecule is CCCN1CCC(CNC(=O)c2sccc2-n2cnnn2)CC1. The first-order valence-corrected chi connectivity index (χ1v) is 8.97. The van der Waals surface area contributed by atoms with Crippen LogP contribution in [0.3, 0.4) is 0 Å². The smallest absolute Gasteiger partial charge is 0.263 e. The summed E-state index contributed by atoms with van der Waals surface area (Å²) < 4.78 is 1.52. The number of hydrogen-bond acceptors (Lipinski definition) is 6. The molecule has 0 unspecified atom stereocenters. The van der Waals surface area contributed by atoms with Crippen LogP contribution >= 0.6 is 11.3 Å². The van der Waals surface area contributed by atoms with Gasteiger partial charge < -0.3 is 10.2 Å². The zero-order valence-electron chi connectivity index (χ0n) is 13.3. The van der Waals surface area contributed by atoms with Crippen LogP contribution in [0.4, 0.5) is 0 Å². The average Bonchev–Trinajstić information content (AvgIpc) is 3.25. The lowest BCUT2D eigenvalue weighted by atomic mass is 9.96. The van der Waals surface area contributed by atoms with Crippen LogP contribution in [0.2, 0.25) is 0 Å². The van der Waals surface area contributed by atoms with E-state index in [1.165, 1.54) is 35.3 Å². The Morgan fingerprint density at radius 2 is 2.26 bits per heavy atom. The molecule has 2 aromatic heterocycles. The Morgan fingerprint density at radius 1 is 1.43 bits per heavy atom. The fourth-order valence-electron chi connectivity index (χ4n) is 2.97. The first kappa shape index (κ1) is 16.1. The Labute approximate surface area is 139 Å².